The fourth-order valence-corrected chi connectivity index (χ4v) is 10.8. The van der Waals surface area contributed by atoms with Gasteiger partial charge < -0.3 is 64.8 Å². The molecule has 28 heteroatoms. The van der Waals surface area contributed by atoms with Crippen molar-refractivity contribution >= 4 is 65.1 Å². The first-order valence-electron chi connectivity index (χ1n) is 33.4. The Kier molecular flexibility index (Phi) is 30.9. The number of hydrogen-bond donors (Lipinski definition) is 6. The normalized spacial score (nSPS) is 16.5. The van der Waals surface area contributed by atoms with E-state index in [0.29, 0.717) is 48.8 Å². The summed E-state index contributed by atoms with van der Waals surface area (Å²) in [7, 11) is 1.22. The van der Waals surface area contributed by atoms with Crippen molar-refractivity contribution in [2.24, 2.45) is 0 Å². The first-order chi connectivity index (χ1) is 45.5. The van der Waals surface area contributed by atoms with Crippen molar-refractivity contribution in [2.45, 2.75) is 182 Å². The highest BCUT2D eigenvalue weighted by molar-refractivity contribution is 5.96. The molecule has 5 amide bonds. The highest BCUT2D eigenvalue weighted by Gasteiger charge is 2.34. The number of fused-ring (bicyclic) bond motifs is 1. The number of aliphatic hydroxyl groups is 1. The van der Waals surface area contributed by atoms with E-state index in [0.717, 1.165) is 5.56 Å². The Morgan fingerprint density at radius 1 is 0.629 bits per heavy atom. The number of aliphatic hydroxyl groups excluding tert-OH is 1. The summed E-state index contributed by atoms with van der Waals surface area (Å²) in [6, 6.07) is 10.9. The van der Waals surface area contributed by atoms with Gasteiger partial charge in [-0.25, -0.2) is 4.98 Å². The average Bonchev–Trinajstić information content (AvgIpc) is 1.74. The van der Waals surface area contributed by atoms with E-state index in [4.69, 9.17) is 23.7 Å². The zero-order chi connectivity index (χ0) is 71.7. The van der Waals surface area contributed by atoms with E-state index in [2.05, 4.69) is 31.2 Å². The number of methoxy groups -OCH3 is 1. The quantitative estimate of drug-likeness (QED) is 0.0329. The largest absolute Gasteiger partial charge is 0.469 e. The lowest BCUT2D eigenvalue weighted by Gasteiger charge is -2.34. The molecule has 28 nitrogen and oxygen atoms in total. The van der Waals surface area contributed by atoms with Crippen molar-refractivity contribution in [3.63, 3.8) is 0 Å². The second kappa shape index (κ2) is 37.6. The topological polar surface area (TPSA) is 333 Å². The van der Waals surface area contributed by atoms with Crippen LogP contribution in [-0.2, 0) is 86.5 Å². The van der Waals surface area contributed by atoms with Crippen LogP contribution < -0.4 is 21.3 Å². The number of carbonyl (C=O) groups is 10. The lowest BCUT2D eigenvalue weighted by atomic mass is 10.1. The molecule has 0 spiro atoms. The lowest BCUT2D eigenvalue weighted by Crippen LogP contribution is -2.55. The maximum Gasteiger partial charge on any atom is 0.320 e. The van der Waals surface area contributed by atoms with Crippen LogP contribution in [0.3, 0.4) is 0 Å². The van der Waals surface area contributed by atoms with Gasteiger partial charge in [0.25, 0.3) is 5.91 Å². The van der Waals surface area contributed by atoms with Gasteiger partial charge in [0.1, 0.15) is 46.4 Å². The Hall–Kier alpha value is -8.05. The number of rotatable bonds is 29. The molecule has 1 fully saturated rings. The standard InChI is InChI=1S/C69H106N12O16/c1-66(2,3)94-57(84)25-24-53(62(89)72-26-18-29-80-42-50-39-49(22-23-51(50)73-54(65(80)92)40-58(85)93-13)64(91)81(43-55-70-27-28-71-55)41-48-19-15-14-16-20-48)75-63(90)52(21-17-38-82)74-56(83)44-76-30-32-77(45-59(86)95-67(4,5)6)34-36-79(47-61(88)97-69(10,11)12)37-35-78(33-31-76)46-60(87)96-68(7,8)9/h14-16,19-20,22-23,27-28,39,52-54,73,82H,17-18,21,24-26,29-38,40-47H2,1-13H3,(H,70,71)(H,72,89)(H,74,83)(H,75,90)/t52-,53?,54?/m0/s1. The highest BCUT2D eigenvalue weighted by atomic mass is 16.6. The highest BCUT2D eigenvalue weighted by Crippen LogP contribution is 2.28. The second-order valence-electron chi connectivity index (χ2n) is 28.5. The SMILES string of the molecule is COC(=O)CC1Nc2ccc(C(=O)N(Cc3ccccc3)Cc3ncc[nH]3)cc2CN(CCCNC(=O)C(CCC(=O)OC(C)(C)C)NC(=O)[C@H](CCCO)NC(=O)CN2CCN(CC(=O)OC(C)(C)C)CCN(CC(=O)OC(C)(C)C)CCN(CC(=O)OC(C)(C)C)CC2)C1=O. The van der Waals surface area contributed by atoms with Crippen LogP contribution in [0.4, 0.5) is 5.69 Å². The van der Waals surface area contributed by atoms with Crippen molar-refractivity contribution in [3.05, 3.63) is 83.4 Å². The molecule has 2 aliphatic heterocycles. The third kappa shape index (κ3) is 30.5. The number of esters is 5. The minimum Gasteiger partial charge on any atom is -0.469 e. The Morgan fingerprint density at radius 3 is 1.64 bits per heavy atom. The van der Waals surface area contributed by atoms with Crippen molar-refractivity contribution in [2.75, 3.05) is 111 Å². The van der Waals surface area contributed by atoms with E-state index >= 15 is 0 Å². The first kappa shape index (κ1) is 79.6. The van der Waals surface area contributed by atoms with E-state index in [-0.39, 0.29) is 136 Å². The zero-order valence-electron chi connectivity index (χ0n) is 59.2. The van der Waals surface area contributed by atoms with E-state index in [1.54, 1.807) is 119 Å². The van der Waals surface area contributed by atoms with Crippen molar-refractivity contribution < 1.29 is 76.7 Å². The van der Waals surface area contributed by atoms with Crippen LogP contribution in [0.5, 0.6) is 0 Å². The van der Waals surface area contributed by atoms with E-state index < -0.39 is 94.0 Å². The van der Waals surface area contributed by atoms with Crippen LogP contribution in [0, 0.1) is 0 Å². The minimum atomic E-state index is -1.35. The number of carbonyl (C=O) groups excluding carboxylic acids is 10. The summed E-state index contributed by atoms with van der Waals surface area (Å²) in [5.41, 5.74) is -0.778. The second-order valence-corrected chi connectivity index (χ2v) is 28.5. The van der Waals surface area contributed by atoms with Gasteiger partial charge in [-0.05, 0) is 138 Å². The Morgan fingerprint density at radius 2 is 1.14 bits per heavy atom. The number of hydrogen-bond acceptors (Lipinski definition) is 22. The molecule has 538 valence electrons. The van der Waals surface area contributed by atoms with Gasteiger partial charge in [-0.3, -0.25) is 67.5 Å². The molecule has 0 radical (unpaired) electrons. The van der Waals surface area contributed by atoms with Crippen LogP contribution in [0.2, 0.25) is 0 Å². The maximum absolute atomic E-state index is 14.5. The molecule has 3 aromatic rings. The third-order valence-electron chi connectivity index (χ3n) is 15.2. The molecule has 2 unspecified atom stereocenters. The predicted octanol–water partition coefficient (Wildman–Crippen LogP) is 3.56. The zero-order valence-corrected chi connectivity index (χ0v) is 59.2. The number of nitrogens with zero attached hydrogens (tertiary/aromatic N) is 7. The molecule has 97 heavy (non-hydrogen) atoms. The number of anilines is 1. The molecule has 1 saturated heterocycles. The van der Waals surface area contributed by atoms with Crippen LogP contribution in [-0.4, -0.2) is 250 Å². The Bertz CT molecular complexity index is 3040. The first-order valence-corrected chi connectivity index (χ1v) is 33.4. The molecule has 5 rings (SSSR count). The van der Waals surface area contributed by atoms with E-state index in [1.165, 1.54) is 12.0 Å². The van der Waals surface area contributed by atoms with Gasteiger partial charge in [-0.15, -0.1) is 0 Å². The molecule has 6 N–H and O–H groups in total. The van der Waals surface area contributed by atoms with Crippen molar-refractivity contribution in [3.8, 4) is 0 Å². The summed E-state index contributed by atoms with van der Waals surface area (Å²) in [6.07, 6.45) is 2.68. The van der Waals surface area contributed by atoms with Crippen LogP contribution >= 0.6 is 0 Å². The molecular weight excluding hydrogens is 1250 g/mol. The van der Waals surface area contributed by atoms with Crippen LogP contribution in [0.1, 0.15) is 149 Å². The molecule has 0 bridgehead atoms. The van der Waals surface area contributed by atoms with Gasteiger partial charge in [0.15, 0.2) is 0 Å². The van der Waals surface area contributed by atoms with Gasteiger partial charge in [0.05, 0.1) is 46.3 Å². The van der Waals surface area contributed by atoms with Gasteiger partial charge in [0.2, 0.25) is 23.6 Å². The molecule has 2 aliphatic rings. The monoisotopic (exact) mass is 1360 g/mol. The fraction of sp³-hybridized carbons (Fsp3) is 0.638. The third-order valence-corrected chi connectivity index (χ3v) is 15.2. The lowest BCUT2D eigenvalue weighted by molar-refractivity contribution is -0.158. The number of H-pyrrole nitrogens is 1. The number of aromatic amines is 1. The van der Waals surface area contributed by atoms with Crippen molar-refractivity contribution in [1.82, 2.24) is 55.3 Å². The van der Waals surface area contributed by atoms with Gasteiger partial charge in [-0.1, -0.05) is 30.3 Å². The van der Waals surface area contributed by atoms with Gasteiger partial charge in [0, 0.05) is 115 Å². The number of aromatic nitrogens is 2. The summed E-state index contributed by atoms with van der Waals surface area (Å²) in [5.74, 6) is -4.84. The number of ether oxygens (including phenoxy) is 5. The fourth-order valence-electron chi connectivity index (χ4n) is 10.8. The van der Waals surface area contributed by atoms with Crippen molar-refractivity contribution in [1.29, 1.82) is 0 Å². The molecule has 3 heterocycles. The summed E-state index contributed by atoms with van der Waals surface area (Å²) < 4.78 is 27.6. The van der Waals surface area contributed by atoms with E-state index in [1.807, 2.05) is 49.9 Å². The smallest absolute Gasteiger partial charge is 0.320 e. The number of imidazole rings is 1. The molecule has 3 atom stereocenters. The van der Waals surface area contributed by atoms with Crippen LogP contribution in [0.15, 0.2) is 60.9 Å². The van der Waals surface area contributed by atoms with Gasteiger partial charge >= 0.3 is 29.8 Å². The number of amides is 5. The Balaban J connectivity index is 1.34. The summed E-state index contributed by atoms with van der Waals surface area (Å²) >= 11 is 0. The molecule has 2 aromatic carbocycles. The maximum atomic E-state index is 14.5. The molecule has 0 aliphatic carbocycles. The summed E-state index contributed by atoms with van der Waals surface area (Å²) in [6.45, 7) is 22.9. The number of nitrogens with one attached hydrogen (secondary N) is 5. The van der Waals surface area contributed by atoms with Gasteiger partial charge in [-0.2, -0.15) is 0 Å². The summed E-state index contributed by atoms with van der Waals surface area (Å²) in [5, 5.41) is 21.6. The minimum absolute atomic E-state index is 0.0225. The number of benzene rings is 2. The van der Waals surface area contributed by atoms with E-state index in [9.17, 15) is 53.1 Å². The Labute approximate surface area is 570 Å². The molecule has 1 aromatic heterocycles. The average molecular weight is 1360 g/mol. The molecule has 0 saturated carbocycles. The molecular formula is C69H106N12O16. The van der Waals surface area contributed by atoms with Crippen LogP contribution in [0.25, 0.3) is 0 Å². The summed E-state index contributed by atoms with van der Waals surface area (Å²) in [4.78, 5) is 156. The predicted molar refractivity (Wildman–Crippen MR) is 361 cm³/mol.